The van der Waals surface area contributed by atoms with E-state index in [0.717, 1.165) is 40.3 Å². The van der Waals surface area contributed by atoms with E-state index >= 15 is 0 Å². The number of fused-ring (bicyclic) bond motifs is 1. The maximum Gasteiger partial charge on any atom is 0.251 e. The predicted octanol–water partition coefficient (Wildman–Crippen LogP) is 2.60. The fourth-order valence-electron chi connectivity index (χ4n) is 2.69. The summed E-state index contributed by atoms with van der Waals surface area (Å²) in [5, 5.41) is 6.21. The largest absolute Gasteiger partial charge is 0.497 e. The SMILES string of the molecule is COc1cc(CNc2ccc3c(c2)C(=O)NCC3)cc(OC)c1. The first-order chi connectivity index (χ1) is 11.2. The molecule has 0 bridgehead atoms. The normalized spacial score (nSPS) is 13.0. The van der Waals surface area contributed by atoms with Crippen LogP contribution < -0.4 is 20.1 Å². The summed E-state index contributed by atoms with van der Waals surface area (Å²) in [6.45, 7) is 1.33. The Morgan fingerprint density at radius 2 is 1.83 bits per heavy atom. The zero-order valence-electron chi connectivity index (χ0n) is 13.3. The van der Waals surface area contributed by atoms with Gasteiger partial charge in [0.15, 0.2) is 0 Å². The summed E-state index contributed by atoms with van der Waals surface area (Å²) in [6.07, 6.45) is 0.883. The lowest BCUT2D eigenvalue weighted by atomic mass is 10.00. The topological polar surface area (TPSA) is 59.6 Å². The van der Waals surface area contributed by atoms with E-state index in [1.54, 1.807) is 14.2 Å². The van der Waals surface area contributed by atoms with E-state index in [0.29, 0.717) is 13.1 Å². The van der Waals surface area contributed by atoms with Crippen molar-refractivity contribution in [3.63, 3.8) is 0 Å². The molecule has 2 N–H and O–H groups in total. The third-order valence-corrected chi connectivity index (χ3v) is 3.94. The van der Waals surface area contributed by atoms with Crippen LogP contribution in [-0.2, 0) is 13.0 Å². The van der Waals surface area contributed by atoms with E-state index in [4.69, 9.17) is 9.47 Å². The van der Waals surface area contributed by atoms with Gasteiger partial charge in [-0.05, 0) is 41.8 Å². The highest BCUT2D eigenvalue weighted by Gasteiger charge is 2.16. The molecule has 2 aromatic carbocycles. The Kier molecular flexibility index (Phi) is 4.37. The monoisotopic (exact) mass is 312 g/mol. The number of hydrogen-bond donors (Lipinski definition) is 2. The Labute approximate surface area is 135 Å². The zero-order valence-corrected chi connectivity index (χ0v) is 13.3. The van der Waals surface area contributed by atoms with Gasteiger partial charge in [0.2, 0.25) is 0 Å². The molecule has 0 fully saturated rings. The van der Waals surface area contributed by atoms with Crippen LogP contribution in [0.2, 0.25) is 0 Å². The fraction of sp³-hybridized carbons (Fsp3) is 0.278. The fourth-order valence-corrected chi connectivity index (χ4v) is 2.69. The molecular formula is C18H20N2O3. The van der Waals surface area contributed by atoms with Crippen LogP contribution in [0.3, 0.4) is 0 Å². The first-order valence-corrected chi connectivity index (χ1v) is 7.56. The third-order valence-electron chi connectivity index (χ3n) is 3.94. The summed E-state index contributed by atoms with van der Waals surface area (Å²) in [5.74, 6) is 1.51. The van der Waals surface area contributed by atoms with E-state index in [1.165, 1.54) is 0 Å². The van der Waals surface area contributed by atoms with Gasteiger partial charge in [0.25, 0.3) is 5.91 Å². The van der Waals surface area contributed by atoms with Crippen molar-refractivity contribution in [3.8, 4) is 11.5 Å². The average molecular weight is 312 g/mol. The van der Waals surface area contributed by atoms with Gasteiger partial charge in [0.05, 0.1) is 14.2 Å². The molecule has 120 valence electrons. The van der Waals surface area contributed by atoms with Gasteiger partial charge in [0, 0.05) is 30.4 Å². The van der Waals surface area contributed by atoms with Crippen molar-refractivity contribution in [2.45, 2.75) is 13.0 Å². The molecule has 1 aliphatic heterocycles. The zero-order chi connectivity index (χ0) is 16.2. The van der Waals surface area contributed by atoms with Crippen LogP contribution in [0.5, 0.6) is 11.5 Å². The van der Waals surface area contributed by atoms with Crippen LogP contribution in [0.1, 0.15) is 21.5 Å². The lowest BCUT2D eigenvalue weighted by molar-refractivity contribution is 0.0946. The number of amides is 1. The van der Waals surface area contributed by atoms with E-state index in [1.807, 2.05) is 36.4 Å². The number of benzene rings is 2. The quantitative estimate of drug-likeness (QED) is 0.891. The molecule has 2 aromatic rings. The van der Waals surface area contributed by atoms with Crippen molar-refractivity contribution in [3.05, 3.63) is 53.1 Å². The molecule has 3 rings (SSSR count). The van der Waals surface area contributed by atoms with Crippen molar-refractivity contribution in [2.24, 2.45) is 0 Å². The summed E-state index contributed by atoms with van der Waals surface area (Å²) in [6, 6.07) is 11.7. The average Bonchev–Trinajstić information content (AvgIpc) is 2.60. The molecule has 5 heteroatoms. The van der Waals surface area contributed by atoms with Crippen molar-refractivity contribution in [2.75, 3.05) is 26.1 Å². The first kappa shape index (κ1) is 15.2. The van der Waals surface area contributed by atoms with Crippen molar-refractivity contribution in [1.29, 1.82) is 0 Å². The highest BCUT2D eigenvalue weighted by molar-refractivity contribution is 5.97. The maximum atomic E-state index is 11.9. The van der Waals surface area contributed by atoms with Crippen molar-refractivity contribution in [1.82, 2.24) is 5.32 Å². The maximum absolute atomic E-state index is 11.9. The molecule has 0 atom stereocenters. The number of methoxy groups -OCH3 is 2. The second-order valence-electron chi connectivity index (χ2n) is 5.45. The minimum absolute atomic E-state index is 0.00190. The van der Waals surface area contributed by atoms with E-state index in [9.17, 15) is 4.79 Å². The summed E-state index contributed by atoms with van der Waals surface area (Å²) in [7, 11) is 3.27. The van der Waals surface area contributed by atoms with Gasteiger partial charge in [-0.15, -0.1) is 0 Å². The van der Waals surface area contributed by atoms with Crippen LogP contribution in [-0.4, -0.2) is 26.7 Å². The molecule has 0 spiro atoms. The van der Waals surface area contributed by atoms with Gasteiger partial charge < -0.3 is 20.1 Å². The molecule has 0 unspecified atom stereocenters. The second-order valence-corrected chi connectivity index (χ2v) is 5.45. The van der Waals surface area contributed by atoms with Gasteiger partial charge in [0.1, 0.15) is 11.5 Å². The van der Waals surface area contributed by atoms with Crippen LogP contribution in [0, 0.1) is 0 Å². The molecule has 1 heterocycles. The van der Waals surface area contributed by atoms with Gasteiger partial charge in [-0.1, -0.05) is 6.07 Å². The van der Waals surface area contributed by atoms with Crippen molar-refractivity contribution < 1.29 is 14.3 Å². The third kappa shape index (κ3) is 3.39. The number of rotatable bonds is 5. The molecule has 23 heavy (non-hydrogen) atoms. The Balaban J connectivity index is 1.76. The predicted molar refractivity (Wildman–Crippen MR) is 89.4 cm³/mol. The summed E-state index contributed by atoms with van der Waals surface area (Å²) >= 11 is 0. The molecule has 0 saturated carbocycles. The van der Waals surface area contributed by atoms with Gasteiger partial charge in [-0.25, -0.2) is 0 Å². The van der Waals surface area contributed by atoms with Crippen LogP contribution in [0.25, 0.3) is 0 Å². The Morgan fingerprint density at radius 1 is 1.09 bits per heavy atom. The summed E-state index contributed by atoms with van der Waals surface area (Å²) in [5.41, 5.74) is 3.82. The molecule has 0 aromatic heterocycles. The van der Waals surface area contributed by atoms with Crippen LogP contribution >= 0.6 is 0 Å². The highest BCUT2D eigenvalue weighted by Crippen LogP contribution is 2.24. The van der Waals surface area contributed by atoms with E-state index < -0.39 is 0 Å². The molecular weight excluding hydrogens is 292 g/mol. The number of carbonyl (C=O) groups excluding carboxylic acids is 1. The van der Waals surface area contributed by atoms with Gasteiger partial charge in [-0.2, -0.15) is 0 Å². The molecule has 1 aliphatic rings. The smallest absolute Gasteiger partial charge is 0.251 e. The number of hydrogen-bond acceptors (Lipinski definition) is 4. The summed E-state index contributed by atoms with van der Waals surface area (Å²) in [4.78, 5) is 11.9. The second kappa shape index (κ2) is 6.60. The number of nitrogens with one attached hydrogen (secondary N) is 2. The highest BCUT2D eigenvalue weighted by atomic mass is 16.5. The molecule has 0 radical (unpaired) electrons. The standard InChI is InChI=1S/C18H20N2O3/c1-22-15-7-12(8-16(10-15)23-2)11-20-14-4-3-13-5-6-19-18(21)17(13)9-14/h3-4,7-10,20H,5-6,11H2,1-2H3,(H,19,21). The Morgan fingerprint density at radius 3 is 2.52 bits per heavy atom. The molecule has 0 aliphatic carbocycles. The molecule has 0 saturated heterocycles. The Hall–Kier alpha value is -2.69. The minimum Gasteiger partial charge on any atom is -0.497 e. The lowest BCUT2D eigenvalue weighted by Crippen LogP contribution is -2.31. The van der Waals surface area contributed by atoms with E-state index in [2.05, 4.69) is 10.6 Å². The number of ether oxygens (including phenoxy) is 2. The number of carbonyl (C=O) groups is 1. The number of anilines is 1. The van der Waals surface area contributed by atoms with Crippen molar-refractivity contribution >= 4 is 11.6 Å². The molecule has 5 nitrogen and oxygen atoms in total. The van der Waals surface area contributed by atoms with Gasteiger partial charge in [-0.3, -0.25) is 4.79 Å². The Bertz CT molecular complexity index is 706. The first-order valence-electron chi connectivity index (χ1n) is 7.56. The van der Waals surface area contributed by atoms with E-state index in [-0.39, 0.29) is 5.91 Å². The minimum atomic E-state index is -0.00190. The van der Waals surface area contributed by atoms with Crippen LogP contribution in [0.15, 0.2) is 36.4 Å². The van der Waals surface area contributed by atoms with Crippen LogP contribution in [0.4, 0.5) is 5.69 Å². The molecule has 1 amide bonds. The lowest BCUT2D eigenvalue weighted by Gasteiger charge is -2.18. The summed E-state index contributed by atoms with van der Waals surface area (Å²) < 4.78 is 10.6. The van der Waals surface area contributed by atoms with Gasteiger partial charge >= 0.3 is 0 Å².